The number of hydrogen-bond donors (Lipinski definition) is 1. The molecule has 0 aromatic carbocycles. The van der Waals surface area contributed by atoms with Gasteiger partial charge in [0.15, 0.2) is 5.76 Å². The van der Waals surface area contributed by atoms with E-state index in [-0.39, 0.29) is 12.4 Å². The maximum atomic E-state index is 5.18. The summed E-state index contributed by atoms with van der Waals surface area (Å²) >= 11 is 0. The third-order valence-electron chi connectivity index (χ3n) is 2.62. The summed E-state index contributed by atoms with van der Waals surface area (Å²) in [5.41, 5.74) is 0. The van der Waals surface area contributed by atoms with E-state index >= 15 is 0 Å². The van der Waals surface area contributed by atoms with Gasteiger partial charge in [0.05, 0.1) is 12.8 Å². The Hall–Kier alpha value is -1.33. The highest BCUT2D eigenvalue weighted by Crippen LogP contribution is 2.27. The second-order valence-electron chi connectivity index (χ2n) is 4.06. The lowest BCUT2D eigenvalue weighted by Gasteiger charge is -1.96. The van der Waals surface area contributed by atoms with Crippen LogP contribution in [0.25, 0.3) is 11.6 Å². The zero-order valence-electron chi connectivity index (χ0n) is 9.26. The van der Waals surface area contributed by atoms with E-state index in [1.165, 1.54) is 12.8 Å². The molecular formula is C11H14ClN3O2. The lowest BCUT2D eigenvalue weighted by atomic mass is 10.4. The predicted octanol–water partition coefficient (Wildman–Crippen LogP) is 2.25. The van der Waals surface area contributed by atoms with Crippen LogP contribution in [0.5, 0.6) is 0 Å². The van der Waals surface area contributed by atoms with Gasteiger partial charge < -0.3 is 14.3 Å². The first-order valence-corrected chi connectivity index (χ1v) is 5.49. The predicted molar refractivity (Wildman–Crippen MR) is 63.7 cm³/mol. The van der Waals surface area contributed by atoms with Crippen LogP contribution in [-0.2, 0) is 6.54 Å². The van der Waals surface area contributed by atoms with Gasteiger partial charge in [-0.2, -0.15) is 4.98 Å². The summed E-state index contributed by atoms with van der Waals surface area (Å²) in [6, 6.07) is 3.61. The van der Waals surface area contributed by atoms with Crippen molar-refractivity contribution in [2.45, 2.75) is 19.4 Å². The Bertz CT molecular complexity index is 451. The van der Waals surface area contributed by atoms with Gasteiger partial charge in [-0.3, -0.25) is 0 Å². The van der Waals surface area contributed by atoms with Crippen LogP contribution in [-0.4, -0.2) is 16.7 Å². The molecule has 1 aliphatic carbocycles. The second kappa shape index (κ2) is 5.33. The highest BCUT2D eigenvalue weighted by atomic mass is 35.5. The van der Waals surface area contributed by atoms with Crippen LogP contribution in [0.2, 0.25) is 0 Å². The number of hydrogen-bond acceptors (Lipinski definition) is 5. The van der Waals surface area contributed by atoms with E-state index in [9.17, 15) is 0 Å². The molecule has 92 valence electrons. The maximum Gasteiger partial charge on any atom is 0.241 e. The van der Waals surface area contributed by atoms with Gasteiger partial charge in [0.1, 0.15) is 0 Å². The fraction of sp³-hybridized carbons (Fsp3) is 0.455. The molecule has 0 saturated heterocycles. The maximum absolute atomic E-state index is 5.18. The Balaban J connectivity index is 0.00000108. The summed E-state index contributed by atoms with van der Waals surface area (Å²) in [5, 5.41) is 7.15. The van der Waals surface area contributed by atoms with E-state index in [4.69, 9.17) is 8.94 Å². The Morgan fingerprint density at radius 2 is 2.29 bits per heavy atom. The highest BCUT2D eigenvalue weighted by Gasteiger charge is 2.20. The number of rotatable bonds is 5. The number of furan rings is 1. The van der Waals surface area contributed by atoms with Crippen molar-refractivity contribution < 1.29 is 8.94 Å². The zero-order chi connectivity index (χ0) is 10.8. The van der Waals surface area contributed by atoms with Gasteiger partial charge in [-0.1, -0.05) is 5.16 Å². The highest BCUT2D eigenvalue weighted by molar-refractivity contribution is 5.85. The van der Waals surface area contributed by atoms with Crippen molar-refractivity contribution in [3.05, 3.63) is 24.3 Å². The van der Waals surface area contributed by atoms with Crippen molar-refractivity contribution in [3.8, 4) is 11.6 Å². The SMILES string of the molecule is Cl.c1coc(-c2noc(CNCC3CC3)n2)c1. The van der Waals surface area contributed by atoms with Crippen LogP contribution in [0.3, 0.4) is 0 Å². The smallest absolute Gasteiger partial charge is 0.241 e. The lowest BCUT2D eigenvalue weighted by Crippen LogP contribution is -2.16. The van der Waals surface area contributed by atoms with Gasteiger partial charge in [-0.15, -0.1) is 12.4 Å². The average molecular weight is 256 g/mol. The summed E-state index contributed by atoms with van der Waals surface area (Å²) in [7, 11) is 0. The average Bonchev–Trinajstić information content (AvgIpc) is 2.83. The lowest BCUT2D eigenvalue weighted by molar-refractivity contribution is 0.366. The van der Waals surface area contributed by atoms with Gasteiger partial charge in [0.25, 0.3) is 0 Å². The van der Waals surface area contributed by atoms with E-state index < -0.39 is 0 Å². The van der Waals surface area contributed by atoms with E-state index in [1.807, 2.05) is 6.07 Å². The molecule has 1 fully saturated rings. The number of aromatic nitrogens is 2. The topological polar surface area (TPSA) is 64.1 Å². The molecule has 1 aliphatic rings. The molecule has 0 bridgehead atoms. The van der Waals surface area contributed by atoms with Crippen molar-refractivity contribution in [1.82, 2.24) is 15.5 Å². The van der Waals surface area contributed by atoms with E-state index in [2.05, 4.69) is 15.5 Å². The van der Waals surface area contributed by atoms with E-state index in [1.54, 1.807) is 12.3 Å². The third-order valence-corrected chi connectivity index (χ3v) is 2.62. The Morgan fingerprint density at radius 1 is 1.41 bits per heavy atom. The molecule has 0 radical (unpaired) electrons. The Kier molecular flexibility index (Phi) is 3.81. The van der Waals surface area contributed by atoms with Crippen molar-refractivity contribution >= 4 is 12.4 Å². The number of nitrogens with zero attached hydrogens (tertiary/aromatic N) is 2. The van der Waals surface area contributed by atoms with Crippen LogP contribution < -0.4 is 5.32 Å². The van der Waals surface area contributed by atoms with Gasteiger partial charge >= 0.3 is 0 Å². The zero-order valence-corrected chi connectivity index (χ0v) is 10.1. The van der Waals surface area contributed by atoms with Gasteiger partial charge in [-0.05, 0) is 37.4 Å². The molecule has 0 aliphatic heterocycles. The summed E-state index contributed by atoms with van der Waals surface area (Å²) in [6.45, 7) is 1.67. The molecule has 5 nitrogen and oxygen atoms in total. The second-order valence-corrected chi connectivity index (χ2v) is 4.06. The third kappa shape index (κ3) is 3.08. The fourth-order valence-electron chi connectivity index (χ4n) is 1.54. The minimum absolute atomic E-state index is 0. The molecule has 3 rings (SSSR count). The molecule has 2 aromatic rings. The van der Waals surface area contributed by atoms with Crippen molar-refractivity contribution in [2.24, 2.45) is 5.92 Å². The summed E-state index contributed by atoms with van der Waals surface area (Å²) in [5.74, 6) is 2.60. The standard InChI is InChI=1S/C11H13N3O2.ClH/c1-2-9(15-5-1)11-13-10(16-14-11)7-12-6-8-3-4-8;/h1-2,5,8,12H,3-4,6-7H2;1H. The molecule has 2 heterocycles. The number of halogens is 1. The van der Waals surface area contributed by atoms with Gasteiger partial charge in [0, 0.05) is 0 Å². The van der Waals surface area contributed by atoms with Crippen LogP contribution in [0.1, 0.15) is 18.7 Å². The fourth-order valence-corrected chi connectivity index (χ4v) is 1.54. The van der Waals surface area contributed by atoms with Crippen LogP contribution >= 0.6 is 12.4 Å². The van der Waals surface area contributed by atoms with Crippen LogP contribution in [0.15, 0.2) is 27.3 Å². The molecule has 1 saturated carbocycles. The molecular weight excluding hydrogens is 242 g/mol. The molecule has 0 spiro atoms. The van der Waals surface area contributed by atoms with Gasteiger partial charge in [-0.25, -0.2) is 0 Å². The minimum Gasteiger partial charge on any atom is -0.461 e. The monoisotopic (exact) mass is 255 g/mol. The minimum atomic E-state index is 0. The normalized spacial score (nSPS) is 14.6. The molecule has 0 atom stereocenters. The Labute approximate surface area is 105 Å². The molecule has 0 unspecified atom stereocenters. The largest absolute Gasteiger partial charge is 0.461 e. The molecule has 6 heteroatoms. The summed E-state index contributed by atoms with van der Waals surface area (Å²) in [4.78, 5) is 4.24. The van der Waals surface area contributed by atoms with Crippen molar-refractivity contribution in [3.63, 3.8) is 0 Å². The van der Waals surface area contributed by atoms with Crippen molar-refractivity contribution in [1.29, 1.82) is 0 Å². The molecule has 17 heavy (non-hydrogen) atoms. The first-order chi connectivity index (χ1) is 7.92. The quantitative estimate of drug-likeness (QED) is 0.888. The molecule has 0 amide bonds. The summed E-state index contributed by atoms with van der Waals surface area (Å²) in [6.07, 6.45) is 4.28. The van der Waals surface area contributed by atoms with Crippen LogP contribution in [0.4, 0.5) is 0 Å². The van der Waals surface area contributed by atoms with E-state index in [0.717, 1.165) is 12.5 Å². The molecule has 1 N–H and O–H groups in total. The van der Waals surface area contributed by atoms with Crippen molar-refractivity contribution in [2.75, 3.05) is 6.54 Å². The Morgan fingerprint density at radius 3 is 3.00 bits per heavy atom. The van der Waals surface area contributed by atoms with Gasteiger partial charge in [0.2, 0.25) is 11.7 Å². The first kappa shape index (κ1) is 12.1. The van der Waals surface area contributed by atoms with E-state index in [0.29, 0.717) is 24.0 Å². The number of nitrogens with one attached hydrogen (secondary N) is 1. The first-order valence-electron chi connectivity index (χ1n) is 5.49. The summed E-state index contributed by atoms with van der Waals surface area (Å²) < 4.78 is 10.3. The van der Waals surface area contributed by atoms with Crippen LogP contribution in [0, 0.1) is 5.92 Å². The molecule has 2 aromatic heterocycles.